The van der Waals surface area contributed by atoms with E-state index in [-0.39, 0.29) is 32.0 Å². The second kappa shape index (κ2) is 21.2. The molecule has 2 unspecified atom stereocenters. The van der Waals surface area contributed by atoms with E-state index in [1.165, 1.54) is 6.92 Å². The van der Waals surface area contributed by atoms with Crippen molar-refractivity contribution in [2.24, 2.45) is 5.92 Å². The molecule has 14 heteroatoms. The highest BCUT2D eigenvalue weighted by atomic mass is 31.2. The van der Waals surface area contributed by atoms with Crippen LogP contribution >= 0.6 is 7.82 Å². The number of rotatable bonds is 22. The van der Waals surface area contributed by atoms with E-state index in [1.54, 1.807) is 12.2 Å². The van der Waals surface area contributed by atoms with Crippen LogP contribution in [-0.2, 0) is 37.4 Å². The number of phosphoric acid groups is 1. The van der Waals surface area contributed by atoms with Crippen molar-refractivity contribution >= 4 is 19.8 Å². The number of quaternary nitrogens is 1. The number of aliphatic hydroxyl groups excluding tert-OH is 3. The minimum atomic E-state index is -4.66. The molecular formula is C30H54NO12P. The number of unbranched alkanes of at least 4 members (excludes halogenated alkanes) is 3. The van der Waals surface area contributed by atoms with Crippen LogP contribution in [0.1, 0.15) is 71.6 Å². The summed E-state index contributed by atoms with van der Waals surface area (Å²) < 4.78 is 38.1. The molecule has 0 aromatic heterocycles. The molecule has 0 saturated carbocycles. The number of esters is 2. The van der Waals surface area contributed by atoms with Gasteiger partial charge in [0.15, 0.2) is 12.4 Å². The summed E-state index contributed by atoms with van der Waals surface area (Å²) >= 11 is 0. The molecule has 0 amide bonds. The molecule has 1 saturated heterocycles. The first-order chi connectivity index (χ1) is 20.6. The molecule has 0 aromatic rings. The minimum Gasteiger partial charge on any atom is -0.756 e. The summed E-state index contributed by atoms with van der Waals surface area (Å²) in [6.07, 6.45) is 8.11. The fraction of sp³-hybridized carbons (Fsp3) is 0.800. The van der Waals surface area contributed by atoms with Crippen molar-refractivity contribution in [3.05, 3.63) is 24.3 Å². The fourth-order valence-electron chi connectivity index (χ4n) is 4.30. The van der Waals surface area contributed by atoms with Gasteiger partial charge < -0.3 is 48.0 Å². The Kier molecular flexibility index (Phi) is 19.4. The Morgan fingerprint density at radius 3 is 2.50 bits per heavy atom. The van der Waals surface area contributed by atoms with Crippen LogP contribution in [0.2, 0.25) is 0 Å². The van der Waals surface area contributed by atoms with E-state index in [9.17, 15) is 34.4 Å². The second-order valence-electron chi connectivity index (χ2n) is 12.1. The van der Waals surface area contributed by atoms with E-state index < -0.39 is 57.1 Å². The summed E-state index contributed by atoms with van der Waals surface area (Å²) in [7, 11) is 0.982. The van der Waals surface area contributed by atoms with E-state index in [2.05, 4.69) is 6.92 Å². The zero-order chi connectivity index (χ0) is 33.2. The van der Waals surface area contributed by atoms with Crippen molar-refractivity contribution in [1.29, 1.82) is 0 Å². The first kappa shape index (κ1) is 40.4. The molecule has 13 nitrogen and oxygen atoms in total. The van der Waals surface area contributed by atoms with Gasteiger partial charge in [-0.05, 0) is 25.7 Å². The van der Waals surface area contributed by atoms with Crippen LogP contribution in [0.25, 0.3) is 0 Å². The molecule has 0 spiro atoms. The summed E-state index contributed by atoms with van der Waals surface area (Å²) in [4.78, 5) is 35.7. The first-order valence-corrected chi connectivity index (χ1v) is 16.8. The normalized spacial score (nSPS) is 23.8. The van der Waals surface area contributed by atoms with Crippen LogP contribution in [0.3, 0.4) is 0 Å². The predicted molar refractivity (Wildman–Crippen MR) is 161 cm³/mol. The number of phosphoric ester groups is 1. The van der Waals surface area contributed by atoms with Gasteiger partial charge in [-0.1, -0.05) is 50.5 Å². The van der Waals surface area contributed by atoms with Crippen molar-refractivity contribution in [2.75, 3.05) is 47.5 Å². The molecule has 0 bridgehead atoms. The van der Waals surface area contributed by atoms with E-state index in [0.29, 0.717) is 36.7 Å². The molecule has 0 aliphatic carbocycles. The van der Waals surface area contributed by atoms with E-state index >= 15 is 0 Å². The largest absolute Gasteiger partial charge is 0.756 e. The molecule has 1 rings (SSSR count). The van der Waals surface area contributed by atoms with Gasteiger partial charge in [0.2, 0.25) is 0 Å². The topological polar surface area (TPSA) is 181 Å². The predicted octanol–water partition coefficient (Wildman–Crippen LogP) is 2.37. The van der Waals surface area contributed by atoms with E-state index in [0.717, 1.165) is 19.3 Å². The Hall–Kier alpha value is -1.67. The van der Waals surface area contributed by atoms with Gasteiger partial charge in [0, 0.05) is 25.7 Å². The van der Waals surface area contributed by atoms with Crippen LogP contribution in [0.15, 0.2) is 24.3 Å². The lowest BCUT2D eigenvalue weighted by molar-refractivity contribution is -0.870. The number of hydrogen-bond acceptors (Lipinski definition) is 12. The molecule has 7 atom stereocenters. The number of nitrogens with zero attached hydrogens (tertiary/aromatic N) is 1. The number of carbonyl (C=O) groups excluding carboxylic acids is 2. The highest BCUT2D eigenvalue weighted by Gasteiger charge is 2.35. The average Bonchev–Trinajstić information content (AvgIpc) is 2.91. The lowest BCUT2D eigenvalue weighted by atomic mass is 9.87. The summed E-state index contributed by atoms with van der Waals surface area (Å²) in [5.74, 6) is -1.54. The minimum absolute atomic E-state index is 0.0264. The van der Waals surface area contributed by atoms with Crippen molar-refractivity contribution in [1.82, 2.24) is 0 Å². The molecule has 1 aliphatic heterocycles. The quantitative estimate of drug-likeness (QED) is 0.0512. The maximum Gasteiger partial charge on any atom is 0.306 e. The third kappa shape index (κ3) is 19.7. The molecule has 1 fully saturated rings. The number of hydrogen-bond donors (Lipinski definition) is 3. The maximum atomic E-state index is 12.4. The molecule has 1 heterocycles. The molecule has 44 heavy (non-hydrogen) atoms. The third-order valence-corrected chi connectivity index (χ3v) is 7.79. The summed E-state index contributed by atoms with van der Waals surface area (Å²) in [6, 6.07) is 0. The standard InChI is InChI=1S/C30H54NO12P/c1-6-7-10-13-24(33)16-17-28-26(27(34)20-30(36)43-28)14-11-8-9-12-15-29(35)42-25(21-39-23(2)32)22-41-44(37,38)40-19-18-31(3,4)5/h8,11,16-17,24-28,30,33-34,36H,6-7,9-10,12-15,18-22H2,1-5H3/b11-8-,17-16+/t24-,25+,26-,27-,28+,30?/m0/s1. The van der Waals surface area contributed by atoms with Crippen LogP contribution in [0, 0.1) is 5.92 Å². The Morgan fingerprint density at radius 2 is 1.84 bits per heavy atom. The smallest absolute Gasteiger partial charge is 0.306 e. The summed E-state index contributed by atoms with van der Waals surface area (Å²) in [6.45, 7) is 2.68. The van der Waals surface area contributed by atoms with Crippen LogP contribution in [0.5, 0.6) is 0 Å². The van der Waals surface area contributed by atoms with Gasteiger partial charge >= 0.3 is 11.9 Å². The summed E-state index contributed by atoms with van der Waals surface area (Å²) in [5, 5.41) is 30.7. The van der Waals surface area contributed by atoms with Gasteiger partial charge in [-0.2, -0.15) is 0 Å². The molecule has 3 N–H and O–H groups in total. The molecule has 256 valence electrons. The van der Waals surface area contributed by atoms with Crippen molar-refractivity contribution < 1.29 is 62.1 Å². The first-order valence-electron chi connectivity index (χ1n) is 15.4. The zero-order valence-corrected chi connectivity index (χ0v) is 27.8. The molecular weight excluding hydrogens is 597 g/mol. The molecule has 0 aromatic carbocycles. The van der Waals surface area contributed by atoms with E-state index in [1.807, 2.05) is 33.3 Å². The van der Waals surface area contributed by atoms with Crippen LogP contribution in [0.4, 0.5) is 0 Å². The lowest BCUT2D eigenvalue weighted by Gasteiger charge is -2.36. The SMILES string of the molecule is CCCCC[C@H](O)/C=C/[C@H]1OC(O)C[C@H](O)[C@@H]1C/C=C\CCCC(=O)O[C@H](COC(C)=O)COP(=O)([O-])OCC[N+](C)(C)C. The number of allylic oxidation sites excluding steroid dienone is 2. The van der Waals surface area contributed by atoms with Gasteiger partial charge in [-0.15, -0.1) is 0 Å². The van der Waals surface area contributed by atoms with E-state index in [4.69, 9.17) is 23.3 Å². The monoisotopic (exact) mass is 651 g/mol. The van der Waals surface area contributed by atoms with Crippen molar-refractivity contribution in [3.63, 3.8) is 0 Å². The van der Waals surface area contributed by atoms with Gasteiger partial charge in [0.25, 0.3) is 7.82 Å². The van der Waals surface area contributed by atoms with Gasteiger partial charge in [0.05, 0.1) is 46.1 Å². The molecule has 1 aliphatic rings. The molecule has 0 radical (unpaired) electrons. The Balaban J connectivity index is 2.54. The number of aliphatic hydroxyl groups is 3. The van der Waals surface area contributed by atoms with Gasteiger partial charge in [0.1, 0.15) is 19.8 Å². The summed E-state index contributed by atoms with van der Waals surface area (Å²) in [5.41, 5.74) is 0. The maximum absolute atomic E-state index is 12.4. The van der Waals surface area contributed by atoms with Crippen molar-refractivity contribution in [2.45, 2.75) is 102 Å². The second-order valence-corrected chi connectivity index (χ2v) is 13.5. The Morgan fingerprint density at radius 1 is 1.11 bits per heavy atom. The highest BCUT2D eigenvalue weighted by Crippen LogP contribution is 2.38. The van der Waals surface area contributed by atoms with Crippen LogP contribution < -0.4 is 4.89 Å². The van der Waals surface area contributed by atoms with Crippen molar-refractivity contribution in [3.8, 4) is 0 Å². The third-order valence-electron chi connectivity index (χ3n) is 6.83. The van der Waals surface area contributed by atoms with Crippen LogP contribution in [-0.4, -0.2) is 110 Å². The Bertz CT molecular complexity index is 937. The van der Waals surface area contributed by atoms with Gasteiger partial charge in [-0.25, -0.2) is 0 Å². The lowest BCUT2D eigenvalue weighted by Crippen LogP contribution is -2.43. The zero-order valence-electron chi connectivity index (χ0n) is 26.9. The number of carbonyl (C=O) groups is 2. The fourth-order valence-corrected chi connectivity index (χ4v) is 5.03. The average molecular weight is 652 g/mol. The number of ether oxygens (including phenoxy) is 3. The number of likely N-dealkylation sites (N-methyl/N-ethyl adjacent to an activating group) is 1. The highest BCUT2D eigenvalue weighted by molar-refractivity contribution is 7.45. The Labute approximate surface area is 262 Å². The van der Waals surface area contributed by atoms with Gasteiger partial charge in [-0.3, -0.25) is 14.2 Å².